The van der Waals surface area contributed by atoms with Crippen LogP contribution in [0.5, 0.6) is 11.5 Å². The average Bonchev–Trinajstić information content (AvgIpc) is 3.37. The number of nitrogens with one attached hydrogen (secondary N) is 3. The lowest BCUT2D eigenvalue weighted by Crippen LogP contribution is -2.37. The fourth-order valence-electron chi connectivity index (χ4n) is 3.22. The monoisotopic (exact) mass is 526 g/mol. The highest BCUT2D eigenvalue weighted by molar-refractivity contribution is 6.35. The Bertz CT molecular complexity index is 1290. The van der Waals surface area contributed by atoms with Crippen LogP contribution in [0.25, 0.3) is 0 Å². The molecule has 194 valence electrons. The molecule has 3 rings (SSSR count). The van der Waals surface area contributed by atoms with E-state index in [0.29, 0.717) is 29.4 Å². The van der Waals surface area contributed by atoms with Gasteiger partial charge in [-0.05, 0) is 62.2 Å². The average molecular weight is 527 g/mol. The summed E-state index contributed by atoms with van der Waals surface area (Å²) in [6, 6.07) is 12.1. The molecule has 0 bridgehead atoms. The summed E-state index contributed by atoms with van der Waals surface area (Å²) in [6.45, 7) is 5.76. The van der Waals surface area contributed by atoms with Gasteiger partial charge >= 0.3 is 11.8 Å². The molecule has 11 heteroatoms. The summed E-state index contributed by atoms with van der Waals surface area (Å²) in [5, 5.41) is 9.18. The summed E-state index contributed by atoms with van der Waals surface area (Å²) in [6.07, 6.45) is 2.76. The molecule has 0 aliphatic rings. The quantitative estimate of drug-likeness (QED) is 0.209. The molecule has 2 aromatic carbocycles. The first-order chi connectivity index (χ1) is 17.8. The summed E-state index contributed by atoms with van der Waals surface area (Å²) in [5.41, 5.74) is 5.33. The molecule has 0 aliphatic carbocycles. The third-order valence-corrected chi connectivity index (χ3v) is 5.21. The molecule has 0 spiro atoms. The van der Waals surface area contributed by atoms with Crippen LogP contribution in [0.2, 0.25) is 5.02 Å². The van der Waals surface area contributed by atoms with Crippen LogP contribution in [0, 0.1) is 13.8 Å². The van der Waals surface area contributed by atoms with Gasteiger partial charge in [0, 0.05) is 5.69 Å². The zero-order valence-electron chi connectivity index (χ0n) is 20.6. The van der Waals surface area contributed by atoms with E-state index in [1.165, 1.54) is 18.5 Å². The maximum Gasteiger partial charge on any atom is 0.329 e. The zero-order chi connectivity index (χ0) is 26.8. The van der Waals surface area contributed by atoms with Crippen molar-refractivity contribution in [2.75, 3.05) is 18.5 Å². The van der Waals surface area contributed by atoms with Gasteiger partial charge < -0.3 is 24.5 Å². The first-order valence-electron chi connectivity index (χ1n) is 11.4. The lowest BCUT2D eigenvalue weighted by Gasteiger charge is -2.15. The molecule has 0 saturated carbocycles. The van der Waals surface area contributed by atoms with Crippen LogP contribution >= 0.6 is 11.6 Å². The number of hydrogen-bond acceptors (Lipinski definition) is 7. The molecule has 0 atom stereocenters. The fourth-order valence-corrected chi connectivity index (χ4v) is 3.49. The minimum Gasteiger partial charge on any atom is -0.490 e. The van der Waals surface area contributed by atoms with E-state index in [9.17, 15) is 14.4 Å². The number of aryl methyl sites for hydroxylation is 2. The van der Waals surface area contributed by atoms with Crippen LogP contribution in [0.15, 0.2) is 58.2 Å². The van der Waals surface area contributed by atoms with Gasteiger partial charge in [-0.3, -0.25) is 14.4 Å². The Morgan fingerprint density at radius 1 is 1.08 bits per heavy atom. The molecule has 0 saturated heterocycles. The van der Waals surface area contributed by atoms with Crippen molar-refractivity contribution in [1.29, 1.82) is 0 Å². The van der Waals surface area contributed by atoms with Crippen LogP contribution in [-0.4, -0.2) is 37.1 Å². The third kappa shape index (κ3) is 8.11. The number of rotatable bonds is 10. The number of furan rings is 1. The van der Waals surface area contributed by atoms with Gasteiger partial charge in [-0.2, -0.15) is 5.10 Å². The van der Waals surface area contributed by atoms with E-state index < -0.39 is 11.8 Å². The maximum absolute atomic E-state index is 12.4. The third-order valence-electron chi connectivity index (χ3n) is 4.92. The van der Waals surface area contributed by atoms with Crippen molar-refractivity contribution in [2.24, 2.45) is 5.10 Å². The Labute approximate surface area is 219 Å². The minimum absolute atomic E-state index is 0.0698. The van der Waals surface area contributed by atoms with Gasteiger partial charge in [0.25, 0.3) is 5.91 Å². The van der Waals surface area contributed by atoms with Crippen molar-refractivity contribution >= 4 is 41.2 Å². The van der Waals surface area contributed by atoms with Gasteiger partial charge in [0.15, 0.2) is 18.1 Å². The first kappa shape index (κ1) is 27.3. The van der Waals surface area contributed by atoms with Gasteiger partial charge in [0.05, 0.1) is 30.7 Å². The van der Waals surface area contributed by atoms with Crippen molar-refractivity contribution in [1.82, 2.24) is 10.7 Å². The highest BCUT2D eigenvalue weighted by Gasteiger charge is 2.16. The minimum atomic E-state index is -0.950. The number of anilines is 1. The summed E-state index contributed by atoms with van der Waals surface area (Å²) in [5.74, 6) is -1.19. The number of carbonyl (C=O) groups excluding carboxylic acids is 3. The summed E-state index contributed by atoms with van der Waals surface area (Å²) in [7, 11) is 0. The summed E-state index contributed by atoms with van der Waals surface area (Å²) < 4.78 is 16.4. The van der Waals surface area contributed by atoms with Crippen molar-refractivity contribution in [2.45, 2.75) is 27.3 Å². The molecule has 3 N–H and O–H groups in total. The van der Waals surface area contributed by atoms with Crippen LogP contribution in [0.1, 0.15) is 29.4 Å². The smallest absolute Gasteiger partial charge is 0.329 e. The molecule has 10 nitrogen and oxygen atoms in total. The van der Waals surface area contributed by atoms with Crippen LogP contribution in [-0.2, 0) is 20.9 Å². The molecule has 1 heterocycles. The fraction of sp³-hybridized carbons (Fsp3) is 0.231. The van der Waals surface area contributed by atoms with Crippen molar-refractivity contribution < 1.29 is 28.3 Å². The largest absolute Gasteiger partial charge is 0.490 e. The normalized spacial score (nSPS) is 10.7. The number of benzene rings is 2. The molecule has 1 aromatic heterocycles. The summed E-state index contributed by atoms with van der Waals surface area (Å²) >= 11 is 6.38. The predicted molar refractivity (Wildman–Crippen MR) is 139 cm³/mol. The number of ether oxygens (including phenoxy) is 2. The Hall–Kier alpha value is -4.31. The molecular formula is C26H27ClN4O6. The van der Waals surface area contributed by atoms with Crippen LogP contribution in [0.4, 0.5) is 5.69 Å². The van der Waals surface area contributed by atoms with Gasteiger partial charge in [-0.15, -0.1) is 0 Å². The molecule has 0 aliphatic heterocycles. The Kier molecular flexibility index (Phi) is 9.68. The van der Waals surface area contributed by atoms with Gasteiger partial charge in [-0.1, -0.05) is 29.3 Å². The number of halogens is 1. The van der Waals surface area contributed by atoms with E-state index in [-0.39, 0.29) is 29.8 Å². The molecule has 3 amide bonds. The Balaban J connectivity index is 1.59. The van der Waals surface area contributed by atoms with E-state index in [1.807, 2.05) is 32.0 Å². The van der Waals surface area contributed by atoms with E-state index in [1.54, 1.807) is 25.1 Å². The summed E-state index contributed by atoms with van der Waals surface area (Å²) in [4.78, 5) is 36.2. The SMILES string of the molecule is CCOc1cc(/C=N\NC(=O)C(=O)NCc2ccco2)cc(Cl)c1OCC(=O)Nc1ccc(C)cc1C. The van der Waals surface area contributed by atoms with Crippen LogP contribution in [0.3, 0.4) is 0 Å². The molecule has 0 fully saturated rings. The number of carbonyl (C=O) groups is 3. The number of nitrogens with zero attached hydrogens (tertiary/aromatic N) is 1. The Morgan fingerprint density at radius 3 is 2.59 bits per heavy atom. The predicted octanol–water partition coefficient (Wildman–Crippen LogP) is 3.73. The van der Waals surface area contributed by atoms with Crippen LogP contribution < -0.4 is 25.5 Å². The van der Waals surface area contributed by atoms with Crippen molar-refractivity contribution in [3.05, 3.63) is 76.2 Å². The molecule has 0 radical (unpaired) electrons. The number of amides is 3. The molecular weight excluding hydrogens is 500 g/mol. The van der Waals surface area contributed by atoms with E-state index in [0.717, 1.165) is 11.1 Å². The lowest BCUT2D eigenvalue weighted by atomic mass is 10.1. The van der Waals surface area contributed by atoms with E-state index in [4.69, 9.17) is 25.5 Å². The molecule has 3 aromatic rings. The number of hydrazone groups is 1. The lowest BCUT2D eigenvalue weighted by molar-refractivity contribution is -0.139. The highest BCUT2D eigenvalue weighted by atomic mass is 35.5. The molecule has 37 heavy (non-hydrogen) atoms. The second-order valence-corrected chi connectivity index (χ2v) is 8.29. The van der Waals surface area contributed by atoms with Gasteiger partial charge in [-0.25, -0.2) is 5.43 Å². The van der Waals surface area contributed by atoms with E-state index >= 15 is 0 Å². The topological polar surface area (TPSA) is 131 Å². The maximum atomic E-state index is 12.4. The second kappa shape index (κ2) is 13.1. The molecule has 0 unspecified atom stereocenters. The Morgan fingerprint density at radius 2 is 1.89 bits per heavy atom. The van der Waals surface area contributed by atoms with Crippen molar-refractivity contribution in [3.63, 3.8) is 0 Å². The van der Waals surface area contributed by atoms with Gasteiger partial charge in [0.2, 0.25) is 0 Å². The number of hydrogen-bond donors (Lipinski definition) is 3. The van der Waals surface area contributed by atoms with E-state index in [2.05, 4.69) is 21.2 Å². The zero-order valence-corrected chi connectivity index (χ0v) is 21.3. The first-order valence-corrected chi connectivity index (χ1v) is 11.7. The second-order valence-electron chi connectivity index (χ2n) is 7.88. The van der Waals surface area contributed by atoms with Gasteiger partial charge in [0.1, 0.15) is 5.76 Å². The highest BCUT2D eigenvalue weighted by Crippen LogP contribution is 2.36. The standard InChI is InChI=1S/C26H27ClN4O6/c1-4-35-22-12-18(13-29-31-26(34)25(33)28-14-19-6-5-9-36-19)11-20(27)24(22)37-15-23(32)30-21-8-7-16(2)10-17(21)3/h5-13H,4,14-15H2,1-3H3,(H,28,33)(H,30,32)(H,31,34)/b29-13-. The van der Waals surface area contributed by atoms with Crippen molar-refractivity contribution in [3.8, 4) is 11.5 Å².